The molecule has 1 aromatic rings. The van der Waals surface area contributed by atoms with E-state index in [2.05, 4.69) is 41.2 Å². The summed E-state index contributed by atoms with van der Waals surface area (Å²) in [5, 5.41) is 11.8. The first-order valence-corrected chi connectivity index (χ1v) is 8.45. The Labute approximate surface area is 120 Å². The first-order chi connectivity index (χ1) is 8.08. The van der Waals surface area contributed by atoms with E-state index in [0.29, 0.717) is 10.5 Å². The number of nitrogens with two attached hydrogens (primary N) is 1. The molecule has 0 aliphatic heterocycles. The fourth-order valence-electron chi connectivity index (χ4n) is 1.57. The molecule has 0 saturated heterocycles. The Bertz CT molecular complexity index is 332. The lowest BCUT2D eigenvalue weighted by Crippen LogP contribution is -2.26. The average molecular weight is 338 g/mol. The van der Waals surface area contributed by atoms with Gasteiger partial charge in [-0.1, -0.05) is 13.8 Å². The van der Waals surface area contributed by atoms with E-state index < -0.39 is 0 Å². The Morgan fingerprint density at radius 1 is 1.59 bits per heavy atom. The molecule has 0 bridgehead atoms. The van der Waals surface area contributed by atoms with Gasteiger partial charge in [0.05, 0.1) is 5.25 Å². The molecule has 0 fully saturated rings. The summed E-state index contributed by atoms with van der Waals surface area (Å²) in [7, 11) is 0. The van der Waals surface area contributed by atoms with Gasteiger partial charge in [0.1, 0.15) is 0 Å². The lowest BCUT2D eigenvalue weighted by atomic mass is 10.1. The molecule has 3 unspecified atom stereocenters. The molecule has 3 N–H and O–H groups in total. The summed E-state index contributed by atoms with van der Waals surface area (Å²) in [5.74, 6) is 0. The second-order valence-corrected chi connectivity index (χ2v) is 7.56. The Morgan fingerprint density at radius 3 is 2.76 bits per heavy atom. The first-order valence-electron chi connectivity index (χ1n) is 5.84. The van der Waals surface area contributed by atoms with Gasteiger partial charge in [-0.25, -0.2) is 0 Å². The van der Waals surface area contributed by atoms with Crippen LogP contribution in [-0.2, 0) is 0 Å². The van der Waals surface area contributed by atoms with E-state index in [0.717, 1.165) is 17.3 Å². The van der Waals surface area contributed by atoms with Crippen LogP contribution >= 0.6 is 39.0 Å². The van der Waals surface area contributed by atoms with Gasteiger partial charge in [0.25, 0.3) is 0 Å². The molecule has 5 heteroatoms. The van der Waals surface area contributed by atoms with Gasteiger partial charge in [-0.15, -0.1) is 23.1 Å². The van der Waals surface area contributed by atoms with Crippen molar-refractivity contribution in [2.45, 2.75) is 43.2 Å². The molecule has 17 heavy (non-hydrogen) atoms. The van der Waals surface area contributed by atoms with E-state index >= 15 is 0 Å². The Kier molecular flexibility index (Phi) is 7.11. The summed E-state index contributed by atoms with van der Waals surface area (Å²) in [6.45, 7) is 4.52. The van der Waals surface area contributed by atoms with Crippen molar-refractivity contribution in [2.75, 3.05) is 6.61 Å². The van der Waals surface area contributed by atoms with Crippen LogP contribution in [0.5, 0.6) is 0 Å². The number of thioether (sulfide) groups is 1. The van der Waals surface area contributed by atoms with Crippen LogP contribution in [-0.4, -0.2) is 23.0 Å². The standard InChI is InChI=1S/C12H20BrNOS2/c1-3-10(14)12(17-8(2)4-5-15)11-6-9(13)7-16-11/h6-8,10,12,15H,3-5,14H2,1-2H3. The van der Waals surface area contributed by atoms with Crippen LogP contribution in [0.4, 0.5) is 0 Å². The number of halogens is 1. The molecule has 0 aliphatic rings. The molecule has 1 rings (SSSR count). The second-order valence-electron chi connectivity index (χ2n) is 4.12. The SMILES string of the molecule is CCC(N)C(SC(C)CCO)c1cc(Br)cs1. The topological polar surface area (TPSA) is 46.2 Å². The van der Waals surface area contributed by atoms with E-state index in [9.17, 15) is 0 Å². The zero-order valence-corrected chi connectivity index (χ0v) is 13.4. The minimum Gasteiger partial charge on any atom is -0.396 e. The molecular weight excluding hydrogens is 318 g/mol. The minimum absolute atomic E-state index is 0.173. The number of rotatable bonds is 7. The summed E-state index contributed by atoms with van der Waals surface area (Å²) < 4.78 is 1.13. The third kappa shape index (κ3) is 4.91. The van der Waals surface area contributed by atoms with Crippen molar-refractivity contribution in [1.29, 1.82) is 0 Å². The monoisotopic (exact) mass is 337 g/mol. The molecule has 0 aromatic carbocycles. The minimum atomic E-state index is 0.173. The molecule has 0 radical (unpaired) electrons. The van der Waals surface area contributed by atoms with Crippen LogP contribution < -0.4 is 5.73 Å². The number of aliphatic hydroxyl groups is 1. The Hall–Kier alpha value is 0.450. The number of aliphatic hydroxyl groups excluding tert-OH is 1. The molecule has 0 spiro atoms. The lowest BCUT2D eigenvalue weighted by Gasteiger charge is -2.24. The zero-order valence-electron chi connectivity index (χ0n) is 10.2. The van der Waals surface area contributed by atoms with Crippen LogP contribution in [0.1, 0.15) is 36.8 Å². The van der Waals surface area contributed by atoms with E-state index in [1.165, 1.54) is 4.88 Å². The number of hydrogen-bond acceptors (Lipinski definition) is 4. The molecule has 2 nitrogen and oxygen atoms in total. The quantitative estimate of drug-likeness (QED) is 0.795. The van der Waals surface area contributed by atoms with Crippen molar-refractivity contribution in [2.24, 2.45) is 5.73 Å². The van der Waals surface area contributed by atoms with Crippen molar-refractivity contribution >= 4 is 39.0 Å². The van der Waals surface area contributed by atoms with Gasteiger partial charge in [-0.05, 0) is 34.8 Å². The van der Waals surface area contributed by atoms with Gasteiger partial charge < -0.3 is 10.8 Å². The van der Waals surface area contributed by atoms with Crippen LogP contribution in [0.3, 0.4) is 0 Å². The molecule has 0 saturated carbocycles. The van der Waals surface area contributed by atoms with Crippen LogP contribution in [0, 0.1) is 0 Å². The van der Waals surface area contributed by atoms with E-state index in [4.69, 9.17) is 10.8 Å². The summed E-state index contributed by atoms with van der Waals surface area (Å²) in [4.78, 5) is 1.32. The Morgan fingerprint density at radius 2 is 2.29 bits per heavy atom. The summed E-state index contributed by atoms with van der Waals surface area (Å²) in [5.41, 5.74) is 6.21. The molecule has 1 heterocycles. The third-order valence-corrected chi connectivity index (χ3v) is 6.17. The van der Waals surface area contributed by atoms with Crippen LogP contribution in [0.15, 0.2) is 15.9 Å². The fraction of sp³-hybridized carbons (Fsp3) is 0.667. The van der Waals surface area contributed by atoms with Gasteiger partial charge in [0.2, 0.25) is 0 Å². The van der Waals surface area contributed by atoms with Crippen LogP contribution in [0.2, 0.25) is 0 Å². The van der Waals surface area contributed by atoms with Crippen LogP contribution in [0.25, 0.3) is 0 Å². The van der Waals surface area contributed by atoms with Gasteiger partial charge in [0.15, 0.2) is 0 Å². The van der Waals surface area contributed by atoms with Gasteiger partial charge in [0, 0.05) is 32.6 Å². The zero-order chi connectivity index (χ0) is 12.8. The van der Waals surface area contributed by atoms with Gasteiger partial charge in [-0.2, -0.15) is 0 Å². The first kappa shape index (κ1) is 15.5. The Balaban J connectivity index is 2.74. The maximum absolute atomic E-state index is 8.97. The van der Waals surface area contributed by atoms with E-state index in [-0.39, 0.29) is 12.6 Å². The van der Waals surface area contributed by atoms with Crippen molar-refractivity contribution in [3.63, 3.8) is 0 Å². The highest BCUT2D eigenvalue weighted by atomic mass is 79.9. The maximum atomic E-state index is 8.97. The lowest BCUT2D eigenvalue weighted by molar-refractivity contribution is 0.288. The van der Waals surface area contributed by atoms with E-state index in [1.54, 1.807) is 11.3 Å². The fourth-order valence-corrected chi connectivity index (χ4v) is 4.74. The van der Waals surface area contributed by atoms with Crippen molar-refractivity contribution in [1.82, 2.24) is 0 Å². The molecule has 0 aliphatic carbocycles. The second kappa shape index (κ2) is 7.79. The smallest absolute Gasteiger partial charge is 0.0545 e. The summed E-state index contributed by atoms with van der Waals surface area (Å²) >= 11 is 7.11. The van der Waals surface area contributed by atoms with Gasteiger partial charge >= 0.3 is 0 Å². The maximum Gasteiger partial charge on any atom is 0.0545 e. The molecule has 1 aromatic heterocycles. The largest absolute Gasteiger partial charge is 0.396 e. The van der Waals surface area contributed by atoms with Gasteiger partial charge in [-0.3, -0.25) is 0 Å². The molecular formula is C12H20BrNOS2. The highest BCUT2D eigenvalue weighted by Gasteiger charge is 2.23. The predicted molar refractivity (Wildman–Crippen MR) is 81.8 cm³/mol. The molecule has 0 amide bonds. The molecule has 98 valence electrons. The van der Waals surface area contributed by atoms with E-state index in [1.807, 2.05) is 11.8 Å². The summed E-state index contributed by atoms with van der Waals surface area (Å²) in [6.07, 6.45) is 1.79. The summed E-state index contributed by atoms with van der Waals surface area (Å²) in [6, 6.07) is 2.33. The number of hydrogen-bond donors (Lipinski definition) is 2. The highest BCUT2D eigenvalue weighted by molar-refractivity contribution is 9.10. The number of thiophene rings is 1. The van der Waals surface area contributed by atoms with Crippen molar-refractivity contribution < 1.29 is 5.11 Å². The predicted octanol–water partition coefficient (Wildman–Crippen LogP) is 3.79. The average Bonchev–Trinajstić information content (AvgIpc) is 2.72. The van der Waals surface area contributed by atoms with Crippen molar-refractivity contribution in [3.8, 4) is 0 Å². The van der Waals surface area contributed by atoms with Crippen molar-refractivity contribution in [3.05, 3.63) is 20.8 Å². The molecule has 3 atom stereocenters. The highest BCUT2D eigenvalue weighted by Crippen LogP contribution is 2.40. The third-order valence-electron chi connectivity index (χ3n) is 2.64. The normalized spacial score (nSPS) is 16.8.